The molecule has 0 aliphatic carbocycles. The topological polar surface area (TPSA) is 30.0 Å². The molecule has 2 aromatic heterocycles. The Kier molecular flexibility index (Phi) is 3.66. The number of aromatic nitrogens is 1. The number of aryl methyl sites for hydroxylation is 1. The first-order valence-electron chi connectivity index (χ1n) is 8.11. The van der Waals surface area contributed by atoms with Gasteiger partial charge in [-0.1, -0.05) is 55.5 Å². The van der Waals surface area contributed by atoms with Gasteiger partial charge in [0.2, 0.25) is 0 Å². The number of Topliss-reactive ketones (excluding diaryl/α,β-unsaturated/α-hetero) is 1. The molecule has 0 bridgehead atoms. The van der Waals surface area contributed by atoms with Crippen molar-refractivity contribution in [2.24, 2.45) is 0 Å². The zero-order valence-electron chi connectivity index (χ0n) is 13.7. The molecule has 4 aromatic rings. The highest BCUT2D eigenvalue weighted by atomic mass is 32.1. The fourth-order valence-corrected chi connectivity index (χ4v) is 4.41. The number of hydrogen-bond donors (Lipinski definition) is 0. The summed E-state index contributed by atoms with van der Waals surface area (Å²) in [4.78, 5) is 18.5. The fourth-order valence-electron chi connectivity index (χ4n) is 3.28. The van der Waals surface area contributed by atoms with Crippen molar-refractivity contribution in [2.75, 3.05) is 0 Å². The van der Waals surface area contributed by atoms with Crippen LogP contribution in [0.15, 0.2) is 54.6 Å². The summed E-state index contributed by atoms with van der Waals surface area (Å²) in [5.74, 6) is 0.149. The van der Waals surface area contributed by atoms with Crippen LogP contribution in [0.3, 0.4) is 0 Å². The molecule has 0 spiro atoms. The van der Waals surface area contributed by atoms with Crippen molar-refractivity contribution in [1.82, 2.24) is 4.98 Å². The first-order valence-corrected chi connectivity index (χ1v) is 8.92. The van der Waals surface area contributed by atoms with Crippen LogP contribution in [0.4, 0.5) is 0 Å². The lowest BCUT2D eigenvalue weighted by atomic mass is 9.92. The summed E-state index contributed by atoms with van der Waals surface area (Å²) in [5, 5.41) is 2.28. The molecule has 2 aromatic carbocycles. The van der Waals surface area contributed by atoms with E-state index in [0.29, 0.717) is 6.42 Å². The van der Waals surface area contributed by atoms with E-state index < -0.39 is 0 Å². The van der Waals surface area contributed by atoms with Gasteiger partial charge in [0.25, 0.3) is 0 Å². The lowest BCUT2D eigenvalue weighted by molar-refractivity contribution is 0.0988. The van der Waals surface area contributed by atoms with Crippen molar-refractivity contribution < 1.29 is 4.79 Å². The number of nitrogens with zero attached hydrogens (tertiary/aromatic N) is 1. The van der Waals surface area contributed by atoms with Crippen molar-refractivity contribution in [3.63, 3.8) is 0 Å². The van der Waals surface area contributed by atoms with Gasteiger partial charge in [-0.15, -0.1) is 11.3 Å². The van der Waals surface area contributed by atoms with E-state index in [9.17, 15) is 4.79 Å². The van der Waals surface area contributed by atoms with E-state index in [4.69, 9.17) is 4.98 Å². The molecule has 0 saturated heterocycles. The second kappa shape index (κ2) is 5.84. The van der Waals surface area contributed by atoms with E-state index in [0.717, 1.165) is 32.6 Å². The zero-order chi connectivity index (χ0) is 16.7. The van der Waals surface area contributed by atoms with Gasteiger partial charge in [0.1, 0.15) is 4.83 Å². The number of benzene rings is 2. The van der Waals surface area contributed by atoms with Crippen LogP contribution in [0, 0.1) is 6.92 Å². The van der Waals surface area contributed by atoms with Gasteiger partial charge in [-0.25, -0.2) is 4.98 Å². The summed E-state index contributed by atoms with van der Waals surface area (Å²) >= 11 is 1.69. The van der Waals surface area contributed by atoms with E-state index in [1.807, 2.05) is 44.2 Å². The number of fused-ring (bicyclic) bond motifs is 3. The molecule has 0 atom stereocenters. The zero-order valence-corrected chi connectivity index (χ0v) is 14.5. The lowest BCUT2D eigenvalue weighted by Gasteiger charge is -2.13. The van der Waals surface area contributed by atoms with Crippen LogP contribution in [-0.4, -0.2) is 10.8 Å². The van der Waals surface area contributed by atoms with Crippen LogP contribution in [0.25, 0.3) is 31.4 Å². The molecule has 24 heavy (non-hydrogen) atoms. The lowest BCUT2D eigenvalue weighted by Crippen LogP contribution is -2.05. The van der Waals surface area contributed by atoms with Gasteiger partial charge in [-0.3, -0.25) is 4.79 Å². The number of carbonyl (C=O) groups is 1. The fraction of sp³-hybridized carbons (Fsp3) is 0.143. The number of pyridine rings is 1. The molecular formula is C21H17NOS. The normalized spacial score (nSPS) is 11.2. The van der Waals surface area contributed by atoms with Gasteiger partial charge in [0, 0.05) is 33.0 Å². The highest BCUT2D eigenvalue weighted by Gasteiger charge is 2.21. The first kappa shape index (κ1) is 15.0. The highest BCUT2D eigenvalue weighted by molar-refractivity contribution is 7.25. The van der Waals surface area contributed by atoms with E-state index in [1.165, 1.54) is 10.1 Å². The van der Waals surface area contributed by atoms with Crippen LogP contribution < -0.4 is 0 Å². The Morgan fingerprint density at radius 1 is 1.04 bits per heavy atom. The third kappa shape index (κ3) is 2.24. The van der Waals surface area contributed by atoms with Gasteiger partial charge in [0.15, 0.2) is 5.78 Å². The minimum Gasteiger partial charge on any atom is -0.294 e. The molecule has 2 heterocycles. The maximum Gasteiger partial charge on any atom is 0.165 e. The number of carbonyl (C=O) groups excluding carboxylic acids is 1. The Morgan fingerprint density at radius 3 is 2.50 bits per heavy atom. The molecular weight excluding hydrogens is 314 g/mol. The van der Waals surface area contributed by atoms with Crippen molar-refractivity contribution in [3.05, 3.63) is 65.9 Å². The summed E-state index contributed by atoms with van der Waals surface area (Å²) in [6.07, 6.45) is 0.482. The van der Waals surface area contributed by atoms with Crippen LogP contribution >= 0.6 is 11.3 Å². The van der Waals surface area contributed by atoms with Crippen LogP contribution in [0.1, 0.15) is 29.4 Å². The second-order valence-corrected chi connectivity index (χ2v) is 6.90. The number of hydrogen-bond acceptors (Lipinski definition) is 3. The third-order valence-corrected chi connectivity index (χ3v) is 5.44. The van der Waals surface area contributed by atoms with Gasteiger partial charge in [0.05, 0.1) is 5.69 Å². The molecule has 0 saturated carbocycles. The Morgan fingerprint density at radius 2 is 1.75 bits per heavy atom. The first-order chi connectivity index (χ1) is 11.7. The molecule has 0 radical (unpaired) electrons. The van der Waals surface area contributed by atoms with Gasteiger partial charge in [-0.2, -0.15) is 0 Å². The molecule has 3 heteroatoms. The minimum absolute atomic E-state index is 0.149. The average molecular weight is 331 g/mol. The Labute approximate surface area is 144 Å². The van der Waals surface area contributed by atoms with Crippen molar-refractivity contribution in [3.8, 4) is 11.1 Å². The summed E-state index contributed by atoms with van der Waals surface area (Å²) in [7, 11) is 0. The quantitative estimate of drug-likeness (QED) is 0.430. The van der Waals surface area contributed by atoms with Crippen molar-refractivity contribution >= 4 is 37.4 Å². The van der Waals surface area contributed by atoms with Gasteiger partial charge >= 0.3 is 0 Å². The second-order valence-electron chi connectivity index (χ2n) is 5.87. The number of rotatable bonds is 3. The Bertz CT molecular complexity index is 1060. The van der Waals surface area contributed by atoms with Crippen molar-refractivity contribution in [2.45, 2.75) is 20.3 Å². The number of thiophene rings is 1. The standard InChI is InChI=1S/C21H17NOS/c1-3-16(23)18-13(2)22-21-20(15-11-7-8-12-17(15)24-21)19(18)14-9-5-4-6-10-14/h4-12H,3H2,1-2H3. The predicted molar refractivity (Wildman–Crippen MR) is 102 cm³/mol. The molecule has 4 rings (SSSR count). The Balaban J connectivity index is 2.24. The largest absolute Gasteiger partial charge is 0.294 e. The van der Waals surface area contributed by atoms with Crippen LogP contribution in [-0.2, 0) is 0 Å². The molecule has 0 N–H and O–H groups in total. The maximum absolute atomic E-state index is 12.7. The SMILES string of the molecule is CCC(=O)c1c(C)nc2sc3ccccc3c2c1-c1ccccc1. The van der Waals surface area contributed by atoms with E-state index in [1.54, 1.807) is 11.3 Å². The molecule has 0 amide bonds. The summed E-state index contributed by atoms with van der Waals surface area (Å²) < 4.78 is 1.21. The van der Waals surface area contributed by atoms with Crippen molar-refractivity contribution in [1.29, 1.82) is 0 Å². The van der Waals surface area contributed by atoms with Crippen LogP contribution in [0.5, 0.6) is 0 Å². The molecule has 118 valence electrons. The summed E-state index contributed by atoms with van der Waals surface area (Å²) in [5.41, 5.74) is 3.69. The van der Waals surface area contributed by atoms with E-state index >= 15 is 0 Å². The molecule has 0 aliphatic rings. The Hall–Kier alpha value is -2.52. The summed E-state index contributed by atoms with van der Waals surface area (Å²) in [6.45, 7) is 3.85. The average Bonchev–Trinajstić information content (AvgIpc) is 2.98. The summed E-state index contributed by atoms with van der Waals surface area (Å²) in [6, 6.07) is 18.5. The highest BCUT2D eigenvalue weighted by Crippen LogP contribution is 2.41. The number of ketones is 1. The predicted octanol–water partition coefficient (Wildman–Crippen LogP) is 6.02. The minimum atomic E-state index is 0.149. The molecule has 2 nitrogen and oxygen atoms in total. The smallest absolute Gasteiger partial charge is 0.165 e. The molecule has 0 unspecified atom stereocenters. The maximum atomic E-state index is 12.7. The van der Waals surface area contributed by atoms with E-state index in [-0.39, 0.29) is 5.78 Å². The van der Waals surface area contributed by atoms with Gasteiger partial charge < -0.3 is 0 Å². The van der Waals surface area contributed by atoms with E-state index in [2.05, 4.69) is 24.3 Å². The molecule has 0 aliphatic heterocycles. The van der Waals surface area contributed by atoms with Crippen LogP contribution in [0.2, 0.25) is 0 Å². The molecule has 0 fully saturated rings. The third-order valence-electron chi connectivity index (χ3n) is 4.37. The monoisotopic (exact) mass is 331 g/mol. The van der Waals surface area contributed by atoms with Gasteiger partial charge in [-0.05, 0) is 18.6 Å².